The molecule has 2 atom stereocenters. The van der Waals surface area contributed by atoms with E-state index in [2.05, 4.69) is 15.5 Å². The predicted octanol–water partition coefficient (Wildman–Crippen LogP) is -1.30. The van der Waals surface area contributed by atoms with Gasteiger partial charge in [-0.2, -0.15) is 0 Å². The molecule has 2 aromatic rings. The summed E-state index contributed by atoms with van der Waals surface area (Å²) < 4.78 is 1.78. The number of anilines is 1. The molecule has 0 aliphatic carbocycles. The monoisotopic (exact) mass is 546 g/mol. The first-order chi connectivity index (χ1) is 17.5. The van der Waals surface area contributed by atoms with Gasteiger partial charge in [0.1, 0.15) is 17.1 Å². The molecule has 2 aliphatic heterocycles. The van der Waals surface area contributed by atoms with Gasteiger partial charge in [0.15, 0.2) is 29.8 Å². The molecule has 15 heteroatoms. The average Bonchev–Trinajstić information content (AvgIpc) is 3.28. The van der Waals surface area contributed by atoms with E-state index in [9.17, 15) is 29.4 Å². The molecule has 2 amide bonds. The van der Waals surface area contributed by atoms with E-state index in [1.54, 1.807) is 29.1 Å². The number of thioether (sulfide) groups is 1. The molecule has 0 bridgehead atoms. The van der Waals surface area contributed by atoms with Crippen molar-refractivity contribution in [3.63, 3.8) is 0 Å². The van der Waals surface area contributed by atoms with Crippen molar-refractivity contribution in [2.45, 2.75) is 37.4 Å². The molecule has 4 heterocycles. The average molecular weight is 547 g/mol. The van der Waals surface area contributed by atoms with Crippen LogP contribution < -0.4 is 20.7 Å². The van der Waals surface area contributed by atoms with Gasteiger partial charge in [-0.25, -0.2) is 14.3 Å². The summed E-state index contributed by atoms with van der Waals surface area (Å²) in [5, 5.41) is 28.4. The molecule has 1 unspecified atom stereocenters. The highest BCUT2D eigenvalue weighted by Crippen LogP contribution is 2.40. The first kappa shape index (κ1) is 26.1. The molecule has 4 rings (SSSR count). The van der Waals surface area contributed by atoms with Gasteiger partial charge < -0.3 is 30.9 Å². The molecule has 0 saturated carbocycles. The van der Waals surface area contributed by atoms with E-state index in [1.165, 1.54) is 31.0 Å². The molecule has 0 aromatic carbocycles. The number of pyridine rings is 1. The second kappa shape index (κ2) is 10.2. The summed E-state index contributed by atoms with van der Waals surface area (Å²) >= 11 is 2.32. The zero-order chi connectivity index (χ0) is 26.9. The number of nitrogen functional groups attached to an aromatic ring is 1. The van der Waals surface area contributed by atoms with Gasteiger partial charge in [-0.05, 0) is 13.8 Å². The van der Waals surface area contributed by atoms with Gasteiger partial charge in [-0.3, -0.25) is 14.5 Å². The largest absolute Gasteiger partial charge is 0.543 e. The number of amides is 2. The topological polar surface area (TPSA) is 191 Å². The molecule has 4 N–H and O–H groups in total. The number of thiazole rings is 1. The molecule has 2 aromatic heterocycles. The minimum absolute atomic E-state index is 0.0265. The van der Waals surface area contributed by atoms with Crippen LogP contribution in [0, 0.1) is 0 Å². The van der Waals surface area contributed by atoms with Crippen LogP contribution in [-0.4, -0.2) is 67.2 Å². The third-order valence-electron chi connectivity index (χ3n) is 5.54. The van der Waals surface area contributed by atoms with E-state index in [1.807, 2.05) is 6.07 Å². The number of fused-ring (bicyclic) bond motifs is 1. The number of carbonyl (C=O) groups is 4. The lowest BCUT2D eigenvalue weighted by Gasteiger charge is -2.50. The van der Waals surface area contributed by atoms with Crippen molar-refractivity contribution in [3.05, 3.63) is 52.9 Å². The molecule has 194 valence electrons. The maximum absolute atomic E-state index is 13.1. The molecular formula is C22H22N6O7S2. The fourth-order valence-corrected chi connectivity index (χ4v) is 5.45. The highest BCUT2D eigenvalue weighted by atomic mass is 32.2. The van der Waals surface area contributed by atoms with E-state index in [4.69, 9.17) is 10.6 Å². The smallest absolute Gasteiger partial charge is 0.350 e. The third kappa shape index (κ3) is 5.27. The SMILES string of the molecule is CC(C)(O/N=C(\C(=O)NC1C(=O)N2C(C(=O)[O-])=C(C[n+]3ccccc3)CS[C@H]12)c1csc(N)n1)C(=O)O. The molecule has 1 saturated heterocycles. The van der Waals surface area contributed by atoms with Crippen LogP contribution in [0.3, 0.4) is 0 Å². The number of aliphatic carboxylic acids is 2. The molecule has 13 nitrogen and oxygen atoms in total. The summed E-state index contributed by atoms with van der Waals surface area (Å²) in [6, 6.07) is 4.36. The number of carboxylic acids is 2. The summed E-state index contributed by atoms with van der Waals surface area (Å²) in [7, 11) is 0. The van der Waals surface area contributed by atoms with Crippen molar-refractivity contribution in [2.75, 3.05) is 11.5 Å². The number of hydrogen-bond donors (Lipinski definition) is 3. The Morgan fingerprint density at radius 2 is 2.05 bits per heavy atom. The van der Waals surface area contributed by atoms with Gasteiger partial charge >= 0.3 is 5.97 Å². The normalized spacial score (nSPS) is 19.7. The highest BCUT2D eigenvalue weighted by molar-refractivity contribution is 8.00. The lowest BCUT2D eigenvalue weighted by atomic mass is 10.0. The number of nitrogens with zero attached hydrogens (tertiary/aromatic N) is 4. The Kier molecular flexibility index (Phi) is 7.18. The summed E-state index contributed by atoms with van der Waals surface area (Å²) in [6.07, 6.45) is 3.55. The van der Waals surface area contributed by atoms with Crippen LogP contribution in [0.1, 0.15) is 19.5 Å². The fourth-order valence-electron chi connectivity index (χ4n) is 3.56. The van der Waals surface area contributed by atoms with E-state index < -0.39 is 40.8 Å². The van der Waals surface area contributed by atoms with Crippen molar-refractivity contribution >= 4 is 57.7 Å². The second-order valence-electron chi connectivity index (χ2n) is 8.57. The van der Waals surface area contributed by atoms with Gasteiger partial charge in [0, 0.05) is 28.8 Å². The Morgan fingerprint density at radius 1 is 1.35 bits per heavy atom. The Bertz CT molecular complexity index is 1320. The summed E-state index contributed by atoms with van der Waals surface area (Å²) in [5.41, 5.74) is 3.83. The number of aromatic nitrogens is 2. The van der Waals surface area contributed by atoms with Crippen LogP contribution >= 0.6 is 23.1 Å². The van der Waals surface area contributed by atoms with Crippen molar-refractivity contribution in [3.8, 4) is 0 Å². The molecular weight excluding hydrogens is 524 g/mol. The van der Waals surface area contributed by atoms with E-state index in [0.29, 0.717) is 11.3 Å². The van der Waals surface area contributed by atoms with Gasteiger partial charge in [0.25, 0.3) is 11.8 Å². The van der Waals surface area contributed by atoms with E-state index >= 15 is 0 Å². The van der Waals surface area contributed by atoms with Crippen LogP contribution in [0.25, 0.3) is 0 Å². The Labute approximate surface area is 218 Å². The minimum atomic E-state index is -1.75. The number of carbonyl (C=O) groups excluding carboxylic acids is 3. The van der Waals surface area contributed by atoms with E-state index in [0.717, 1.165) is 16.2 Å². The Morgan fingerprint density at radius 3 is 2.65 bits per heavy atom. The van der Waals surface area contributed by atoms with Crippen molar-refractivity contribution in [1.82, 2.24) is 15.2 Å². The standard InChI is InChI=1S/C22H22N6O7S2/c1-22(2,20(33)34)35-26-13(12-10-37-21(23)24-12)16(29)25-14-17(30)28-15(19(31)32)11(9-36-18(14)28)8-27-6-4-3-5-7-27/h3-7,10,14,18H,8-9H2,1-2H3,(H4-,23,24,25,29,31,32,33,34)/b26-13-/t14?,18-/m1/s1. The van der Waals surface area contributed by atoms with Crippen molar-refractivity contribution in [1.29, 1.82) is 0 Å². The number of rotatable bonds is 9. The Hall–Kier alpha value is -3.98. The third-order valence-corrected chi connectivity index (χ3v) is 7.55. The van der Waals surface area contributed by atoms with Crippen molar-refractivity contribution < 1.29 is 38.8 Å². The van der Waals surface area contributed by atoms with Crippen LogP contribution in [0.4, 0.5) is 5.13 Å². The zero-order valence-electron chi connectivity index (χ0n) is 19.6. The fraction of sp³-hybridized carbons (Fsp3) is 0.318. The molecule has 1 fully saturated rings. The highest BCUT2D eigenvalue weighted by Gasteiger charge is 2.53. The maximum Gasteiger partial charge on any atom is 0.350 e. The summed E-state index contributed by atoms with van der Waals surface area (Å²) in [6.45, 7) is 2.74. The number of nitrogens with two attached hydrogens (primary N) is 1. The quantitative estimate of drug-likeness (QED) is 0.147. The number of hydrogen-bond acceptors (Lipinski definition) is 11. The van der Waals surface area contributed by atoms with Gasteiger partial charge in [0.05, 0.1) is 11.7 Å². The lowest BCUT2D eigenvalue weighted by Crippen LogP contribution is -2.71. The van der Waals surface area contributed by atoms with Gasteiger partial charge in [-0.1, -0.05) is 11.2 Å². The first-order valence-electron chi connectivity index (χ1n) is 10.8. The van der Waals surface area contributed by atoms with Gasteiger partial charge in [0.2, 0.25) is 5.60 Å². The number of β-lactam (4-membered cyclic amide) rings is 1. The van der Waals surface area contributed by atoms with Crippen LogP contribution in [0.2, 0.25) is 0 Å². The maximum atomic E-state index is 13.1. The number of nitrogens with one attached hydrogen (secondary N) is 1. The van der Waals surface area contributed by atoms with Crippen molar-refractivity contribution in [2.24, 2.45) is 5.16 Å². The van der Waals surface area contributed by atoms with Crippen LogP contribution in [0.5, 0.6) is 0 Å². The number of carboxylic acid groups (broad SMARTS) is 2. The van der Waals surface area contributed by atoms with Crippen LogP contribution in [-0.2, 0) is 30.6 Å². The van der Waals surface area contributed by atoms with E-state index in [-0.39, 0.29) is 28.8 Å². The lowest BCUT2D eigenvalue weighted by molar-refractivity contribution is -0.689. The minimum Gasteiger partial charge on any atom is -0.543 e. The first-order valence-corrected chi connectivity index (χ1v) is 12.8. The molecule has 37 heavy (non-hydrogen) atoms. The number of oxime groups is 1. The summed E-state index contributed by atoms with van der Waals surface area (Å²) in [5.74, 6) is -4.01. The van der Waals surface area contributed by atoms with Crippen LogP contribution in [0.15, 0.2) is 52.4 Å². The zero-order valence-corrected chi connectivity index (χ0v) is 21.2. The predicted molar refractivity (Wildman–Crippen MR) is 130 cm³/mol. The molecule has 0 radical (unpaired) electrons. The molecule has 2 aliphatic rings. The Balaban J connectivity index is 1.55. The second-order valence-corrected chi connectivity index (χ2v) is 10.6. The summed E-state index contributed by atoms with van der Waals surface area (Å²) in [4.78, 5) is 59.6. The molecule has 0 spiro atoms. The van der Waals surface area contributed by atoms with Gasteiger partial charge in [-0.15, -0.1) is 23.1 Å².